The molecule has 3 heterocycles. The minimum absolute atomic E-state index is 0.592. The van der Waals surface area contributed by atoms with Gasteiger partial charge in [0.15, 0.2) is 17.0 Å². The summed E-state index contributed by atoms with van der Waals surface area (Å²) in [6.45, 7) is 9.09. The lowest BCUT2D eigenvalue weighted by molar-refractivity contribution is 0.270. The first-order chi connectivity index (χ1) is 13.1. The molecule has 4 rings (SSSR count). The van der Waals surface area contributed by atoms with Crippen LogP contribution in [0.25, 0.3) is 11.2 Å². The number of nitrogens with zero attached hydrogens (tertiary/aromatic N) is 6. The van der Waals surface area contributed by atoms with E-state index in [1.165, 1.54) is 0 Å². The number of rotatable bonds is 4. The minimum Gasteiger partial charge on any atom is -0.338 e. The van der Waals surface area contributed by atoms with Crippen molar-refractivity contribution in [3.8, 4) is 0 Å². The summed E-state index contributed by atoms with van der Waals surface area (Å²) in [5, 5.41) is 4.10. The number of piperazine rings is 1. The Morgan fingerprint density at radius 1 is 1.07 bits per heavy atom. The number of hydrogen-bond donors (Lipinski definition) is 1. The van der Waals surface area contributed by atoms with E-state index >= 15 is 0 Å². The molecule has 8 heteroatoms. The topological polar surface area (TPSA) is 70.1 Å². The fraction of sp³-hybridized carbons (Fsp3) is 0.368. The maximum absolute atomic E-state index is 6.08. The number of aromatic nitrogens is 4. The Morgan fingerprint density at radius 3 is 2.59 bits per heavy atom. The molecule has 0 unspecified atom stereocenters. The lowest BCUT2D eigenvalue weighted by atomic mass is 10.2. The minimum atomic E-state index is 0.592. The van der Waals surface area contributed by atoms with Gasteiger partial charge in [-0.1, -0.05) is 18.5 Å². The second-order valence-electron chi connectivity index (χ2n) is 6.61. The maximum Gasteiger partial charge on any atom is 0.229 e. The zero-order chi connectivity index (χ0) is 18.8. The van der Waals surface area contributed by atoms with Gasteiger partial charge in [-0.25, -0.2) is 9.97 Å². The molecule has 1 aliphatic rings. The Labute approximate surface area is 163 Å². The standard InChI is InChI=1S/C19H22ClN7/c1-3-26-8-10-27(11-9-26)19-24-17-16(21-6-7-22-17)18(25-19)23-15-5-4-14(20)12-13(15)2/h4-7,12H,3,8-11H2,1-2H3,(H,22,23,24,25). The highest BCUT2D eigenvalue weighted by Gasteiger charge is 2.20. The third kappa shape index (κ3) is 3.79. The molecule has 7 nitrogen and oxygen atoms in total. The molecule has 0 amide bonds. The number of benzene rings is 1. The Hall–Kier alpha value is -2.51. The van der Waals surface area contributed by atoms with Crippen molar-refractivity contribution in [2.24, 2.45) is 0 Å². The van der Waals surface area contributed by atoms with E-state index < -0.39 is 0 Å². The van der Waals surface area contributed by atoms with Gasteiger partial charge in [0.25, 0.3) is 0 Å². The Bertz CT molecular complexity index is 954. The average molecular weight is 384 g/mol. The molecule has 1 aromatic carbocycles. The highest BCUT2D eigenvalue weighted by molar-refractivity contribution is 6.30. The highest BCUT2D eigenvalue weighted by atomic mass is 35.5. The number of halogens is 1. The molecular formula is C19H22ClN7. The van der Waals surface area contributed by atoms with Gasteiger partial charge in [-0.05, 0) is 37.2 Å². The molecule has 1 fully saturated rings. The smallest absolute Gasteiger partial charge is 0.229 e. The summed E-state index contributed by atoms with van der Waals surface area (Å²) >= 11 is 6.08. The first kappa shape index (κ1) is 17.9. The van der Waals surface area contributed by atoms with E-state index in [2.05, 4.69) is 37.0 Å². The third-order valence-corrected chi connectivity index (χ3v) is 5.10. The van der Waals surface area contributed by atoms with Crippen molar-refractivity contribution in [1.29, 1.82) is 0 Å². The summed E-state index contributed by atoms with van der Waals surface area (Å²) in [7, 11) is 0. The van der Waals surface area contributed by atoms with E-state index in [0.717, 1.165) is 44.0 Å². The summed E-state index contributed by atoms with van der Waals surface area (Å²) in [6, 6.07) is 5.72. The largest absolute Gasteiger partial charge is 0.338 e. The fourth-order valence-corrected chi connectivity index (χ4v) is 3.47. The van der Waals surface area contributed by atoms with Crippen LogP contribution in [0.3, 0.4) is 0 Å². The van der Waals surface area contributed by atoms with Gasteiger partial charge in [0.05, 0.1) is 0 Å². The van der Waals surface area contributed by atoms with Crippen molar-refractivity contribution in [1.82, 2.24) is 24.8 Å². The van der Waals surface area contributed by atoms with Crippen LogP contribution in [0.2, 0.25) is 5.02 Å². The van der Waals surface area contributed by atoms with Crippen LogP contribution < -0.4 is 10.2 Å². The number of anilines is 3. The summed E-state index contributed by atoms with van der Waals surface area (Å²) in [5.41, 5.74) is 3.22. The van der Waals surface area contributed by atoms with Crippen molar-refractivity contribution in [2.45, 2.75) is 13.8 Å². The summed E-state index contributed by atoms with van der Waals surface area (Å²) in [5.74, 6) is 1.35. The van der Waals surface area contributed by atoms with Gasteiger partial charge in [0.2, 0.25) is 5.95 Å². The van der Waals surface area contributed by atoms with Crippen molar-refractivity contribution in [3.63, 3.8) is 0 Å². The van der Waals surface area contributed by atoms with Crippen LogP contribution in [0.5, 0.6) is 0 Å². The summed E-state index contributed by atoms with van der Waals surface area (Å²) in [4.78, 5) is 22.9. The van der Waals surface area contributed by atoms with E-state index in [-0.39, 0.29) is 0 Å². The van der Waals surface area contributed by atoms with Crippen molar-refractivity contribution in [2.75, 3.05) is 42.9 Å². The first-order valence-electron chi connectivity index (χ1n) is 9.13. The van der Waals surface area contributed by atoms with Crippen LogP contribution in [0.15, 0.2) is 30.6 Å². The molecule has 0 bridgehead atoms. The van der Waals surface area contributed by atoms with Gasteiger partial charge >= 0.3 is 0 Å². The molecule has 0 saturated carbocycles. The molecule has 1 saturated heterocycles. The molecule has 0 radical (unpaired) electrons. The van der Waals surface area contributed by atoms with Crippen LogP contribution in [0, 0.1) is 6.92 Å². The van der Waals surface area contributed by atoms with Gasteiger partial charge in [0, 0.05) is 49.3 Å². The molecule has 27 heavy (non-hydrogen) atoms. The number of hydrogen-bond acceptors (Lipinski definition) is 7. The van der Waals surface area contributed by atoms with E-state index in [1.54, 1.807) is 12.4 Å². The van der Waals surface area contributed by atoms with Crippen molar-refractivity contribution in [3.05, 3.63) is 41.2 Å². The fourth-order valence-electron chi connectivity index (χ4n) is 3.24. The third-order valence-electron chi connectivity index (χ3n) is 4.86. The highest BCUT2D eigenvalue weighted by Crippen LogP contribution is 2.27. The number of aryl methyl sites for hydroxylation is 1. The molecule has 2 aromatic heterocycles. The Balaban J connectivity index is 1.70. The van der Waals surface area contributed by atoms with Crippen molar-refractivity contribution < 1.29 is 0 Å². The van der Waals surface area contributed by atoms with Crippen LogP contribution in [0.4, 0.5) is 17.5 Å². The summed E-state index contributed by atoms with van der Waals surface area (Å²) < 4.78 is 0. The van der Waals surface area contributed by atoms with Gasteiger partial charge < -0.3 is 15.1 Å². The zero-order valence-electron chi connectivity index (χ0n) is 15.5. The molecule has 0 spiro atoms. The Morgan fingerprint density at radius 2 is 1.85 bits per heavy atom. The number of nitrogens with one attached hydrogen (secondary N) is 1. The normalized spacial score (nSPS) is 15.3. The zero-order valence-corrected chi connectivity index (χ0v) is 16.2. The van der Waals surface area contributed by atoms with Crippen LogP contribution in [0.1, 0.15) is 12.5 Å². The predicted molar refractivity (Wildman–Crippen MR) is 109 cm³/mol. The lowest BCUT2D eigenvalue weighted by Crippen LogP contribution is -2.46. The van der Waals surface area contributed by atoms with Gasteiger partial charge in [-0.2, -0.15) is 9.97 Å². The quantitative estimate of drug-likeness (QED) is 0.741. The molecule has 0 aliphatic carbocycles. The first-order valence-corrected chi connectivity index (χ1v) is 9.51. The number of fused-ring (bicyclic) bond motifs is 1. The Kier molecular flexibility index (Phi) is 5.05. The number of likely N-dealkylation sites (N-methyl/N-ethyl adjacent to an activating group) is 1. The molecule has 1 N–H and O–H groups in total. The van der Waals surface area contributed by atoms with E-state index in [1.807, 2.05) is 25.1 Å². The van der Waals surface area contributed by atoms with Crippen molar-refractivity contribution >= 4 is 40.2 Å². The van der Waals surface area contributed by atoms with E-state index in [0.29, 0.717) is 28.0 Å². The van der Waals surface area contributed by atoms with Gasteiger partial charge in [-0.15, -0.1) is 0 Å². The SMILES string of the molecule is CCN1CCN(c2nc(Nc3ccc(Cl)cc3C)c3nccnc3n2)CC1. The van der Waals surface area contributed by atoms with Gasteiger partial charge in [-0.3, -0.25) is 0 Å². The van der Waals surface area contributed by atoms with Gasteiger partial charge in [0.1, 0.15) is 0 Å². The van der Waals surface area contributed by atoms with E-state index in [4.69, 9.17) is 16.6 Å². The molecular weight excluding hydrogens is 362 g/mol. The predicted octanol–water partition coefficient (Wildman–Crippen LogP) is 3.27. The van der Waals surface area contributed by atoms with Crippen LogP contribution in [-0.2, 0) is 0 Å². The van der Waals surface area contributed by atoms with E-state index in [9.17, 15) is 0 Å². The lowest BCUT2D eigenvalue weighted by Gasteiger charge is -2.34. The molecule has 3 aromatic rings. The second-order valence-corrected chi connectivity index (χ2v) is 7.04. The second kappa shape index (κ2) is 7.62. The average Bonchev–Trinajstić information content (AvgIpc) is 2.70. The van der Waals surface area contributed by atoms with Crippen LogP contribution >= 0.6 is 11.6 Å². The maximum atomic E-state index is 6.08. The van der Waals surface area contributed by atoms with Crippen LogP contribution in [-0.4, -0.2) is 57.6 Å². The monoisotopic (exact) mass is 383 g/mol. The molecule has 0 atom stereocenters. The summed E-state index contributed by atoms with van der Waals surface area (Å²) in [6.07, 6.45) is 3.32. The molecule has 1 aliphatic heterocycles. The molecule has 140 valence electrons.